The van der Waals surface area contributed by atoms with Crippen molar-refractivity contribution in [1.82, 2.24) is 26.1 Å². The number of pyridine rings is 1. The molecular weight excluding hydrogens is 645 g/mol. The molecule has 0 bridgehead atoms. The molecule has 1 aromatic carbocycles. The lowest BCUT2D eigenvalue weighted by Crippen LogP contribution is -2.61. The average Bonchev–Trinajstić information content (AvgIpc) is 2.99. The highest BCUT2D eigenvalue weighted by molar-refractivity contribution is 6.67. The Morgan fingerprint density at radius 2 is 1.78 bits per heavy atom. The first-order chi connectivity index (χ1) is 21.0. The van der Waals surface area contributed by atoms with Gasteiger partial charge in [0, 0.05) is 24.2 Å². The number of hydrazine groups is 1. The second kappa shape index (κ2) is 15.6. The van der Waals surface area contributed by atoms with Crippen LogP contribution in [0.2, 0.25) is 0 Å². The van der Waals surface area contributed by atoms with Crippen LogP contribution in [0.4, 0.5) is 0 Å². The molecular formula is C31H42Cl3N5O6. The largest absolute Gasteiger partial charge is 0.477 e. The number of alkyl halides is 3. The molecule has 2 aromatic rings. The molecule has 2 heterocycles. The molecule has 0 aliphatic carbocycles. The first kappa shape index (κ1) is 36.6. The van der Waals surface area contributed by atoms with Gasteiger partial charge in [0.05, 0.1) is 5.41 Å². The molecule has 11 nitrogen and oxygen atoms in total. The van der Waals surface area contributed by atoms with Crippen LogP contribution >= 0.6 is 34.8 Å². The van der Waals surface area contributed by atoms with Crippen LogP contribution in [0, 0.1) is 11.3 Å². The van der Waals surface area contributed by atoms with Gasteiger partial charge < -0.3 is 20.1 Å². The molecule has 0 radical (unpaired) electrons. The van der Waals surface area contributed by atoms with E-state index in [0.29, 0.717) is 25.3 Å². The number of carbonyl (C=O) groups is 4. The normalized spacial score (nSPS) is 17.0. The number of hydrogen-bond donors (Lipinski definition) is 3. The van der Waals surface area contributed by atoms with Crippen molar-refractivity contribution in [3.63, 3.8) is 0 Å². The van der Waals surface area contributed by atoms with Crippen molar-refractivity contribution < 1.29 is 28.7 Å². The SMILES string of the molecule is CCc1ccc2cnc(OCC(C)(C)C(=O)NC(C(=O)NC(C)C(=O)N3CCCC(C(=O)OCC(Cl)(Cl)Cl)N3)C(C)C)cc2c1. The summed E-state index contributed by atoms with van der Waals surface area (Å²) in [6.45, 7) is 10.6. The second-order valence-electron chi connectivity index (χ2n) is 12.2. The third-order valence-corrected chi connectivity index (χ3v) is 7.77. The fourth-order valence-corrected chi connectivity index (χ4v) is 4.79. The minimum absolute atomic E-state index is 0.0258. The van der Waals surface area contributed by atoms with Gasteiger partial charge in [-0.1, -0.05) is 73.8 Å². The summed E-state index contributed by atoms with van der Waals surface area (Å²) in [6, 6.07) is 5.32. The maximum atomic E-state index is 13.3. The molecule has 3 N–H and O–H groups in total. The number of hydrogen-bond acceptors (Lipinski definition) is 8. The predicted octanol–water partition coefficient (Wildman–Crippen LogP) is 4.26. The van der Waals surface area contributed by atoms with Crippen LogP contribution in [0.3, 0.4) is 0 Å². The van der Waals surface area contributed by atoms with Crippen molar-refractivity contribution in [2.24, 2.45) is 11.3 Å². The Hall–Kier alpha value is -2.86. The zero-order valence-corrected chi connectivity index (χ0v) is 28.7. The monoisotopic (exact) mass is 685 g/mol. The first-order valence-electron chi connectivity index (χ1n) is 14.9. The van der Waals surface area contributed by atoms with E-state index < -0.39 is 57.6 Å². The Morgan fingerprint density at radius 3 is 2.42 bits per heavy atom. The number of aryl methyl sites for hydroxylation is 1. The van der Waals surface area contributed by atoms with Gasteiger partial charge in [0.2, 0.25) is 21.5 Å². The van der Waals surface area contributed by atoms with Gasteiger partial charge in [-0.05, 0) is 56.9 Å². The molecule has 3 amide bonds. The fraction of sp³-hybridized carbons (Fsp3) is 0.581. The smallest absolute Gasteiger partial charge is 0.325 e. The summed E-state index contributed by atoms with van der Waals surface area (Å²) in [5, 5.41) is 8.77. The van der Waals surface area contributed by atoms with E-state index in [0.717, 1.165) is 17.2 Å². The Morgan fingerprint density at radius 1 is 1.07 bits per heavy atom. The Labute approximate surface area is 279 Å². The van der Waals surface area contributed by atoms with E-state index in [4.69, 9.17) is 44.3 Å². The van der Waals surface area contributed by atoms with Crippen molar-refractivity contribution in [3.05, 3.63) is 36.0 Å². The number of esters is 1. The maximum Gasteiger partial charge on any atom is 0.325 e. The van der Waals surface area contributed by atoms with Crippen molar-refractivity contribution in [2.45, 2.75) is 82.7 Å². The molecule has 14 heteroatoms. The fourth-order valence-electron chi connectivity index (χ4n) is 4.63. The van der Waals surface area contributed by atoms with Crippen molar-refractivity contribution >= 4 is 69.3 Å². The van der Waals surface area contributed by atoms with Crippen LogP contribution < -0.4 is 20.8 Å². The van der Waals surface area contributed by atoms with Crippen molar-refractivity contribution in [1.29, 1.82) is 0 Å². The summed E-state index contributed by atoms with van der Waals surface area (Å²) in [5.74, 6) is -1.92. The van der Waals surface area contributed by atoms with Crippen LogP contribution in [0.1, 0.15) is 59.9 Å². The number of carbonyl (C=O) groups excluding carboxylic acids is 4. The highest BCUT2D eigenvalue weighted by atomic mass is 35.6. The van der Waals surface area contributed by atoms with E-state index in [9.17, 15) is 19.2 Å². The van der Waals surface area contributed by atoms with Gasteiger partial charge in [0.25, 0.3) is 5.91 Å². The van der Waals surface area contributed by atoms with E-state index in [1.807, 2.05) is 12.1 Å². The van der Waals surface area contributed by atoms with Crippen LogP contribution in [0.25, 0.3) is 10.8 Å². The number of amides is 3. The number of rotatable bonds is 12. The lowest BCUT2D eigenvalue weighted by atomic mass is 9.92. The van der Waals surface area contributed by atoms with Crippen LogP contribution in [-0.2, 0) is 30.3 Å². The van der Waals surface area contributed by atoms with E-state index >= 15 is 0 Å². The first-order valence-corrected chi connectivity index (χ1v) is 16.1. The van der Waals surface area contributed by atoms with Crippen LogP contribution in [0.5, 0.6) is 5.88 Å². The molecule has 1 fully saturated rings. The van der Waals surface area contributed by atoms with Gasteiger partial charge in [0.1, 0.15) is 31.3 Å². The third kappa shape index (κ3) is 10.6. The molecule has 3 rings (SSSR count). The number of nitrogens with one attached hydrogen (secondary N) is 3. The zero-order chi connectivity index (χ0) is 33.5. The zero-order valence-electron chi connectivity index (χ0n) is 26.4. The molecule has 1 aromatic heterocycles. The van der Waals surface area contributed by atoms with Gasteiger partial charge in [-0.3, -0.25) is 24.2 Å². The molecule has 1 aliphatic heterocycles. The number of halogens is 3. The second-order valence-corrected chi connectivity index (χ2v) is 14.7. The van der Waals surface area contributed by atoms with Crippen molar-refractivity contribution in [3.8, 4) is 5.88 Å². The van der Waals surface area contributed by atoms with Crippen LogP contribution in [-0.4, -0.2) is 75.4 Å². The quantitative estimate of drug-likeness (QED) is 0.223. The van der Waals surface area contributed by atoms with E-state index in [1.54, 1.807) is 33.9 Å². The van der Waals surface area contributed by atoms with Gasteiger partial charge in [-0.2, -0.15) is 0 Å². The lowest BCUT2D eigenvalue weighted by molar-refractivity contribution is -0.152. The Balaban J connectivity index is 1.57. The summed E-state index contributed by atoms with van der Waals surface area (Å²) in [6.07, 6.45) is 3.58. The molecule has 248 valence electrons. The molecule has 45 heavy (non-hydrogen) atoms. The number of benzene rings is 1. The number of fused-ring (bicyclic) bond motifs is 1. The van der Waals surface area contributed by atoms with Gasteiger partial charge >= 0.3 is 5.97 Å². The molecule has 1 saturated heterocycles. The summed E-state index contributed by atoms with van der Waals surface area (Å²) >= 11 is 16.9. The molecule has 0 saturated carbocycles. The summed E-state index contributed by atoms with van der Waals surface area (Å²) in [4.78, 5) is 56.5. The Bertz CT molecular complexity index is 1380. The number of aromatic nitrogens is 1. The highest BCUT2D eigenvalue weighted by Crippen LogP contribution is 2.26. The van der Waals surface area contributed by atoms with Crippen molar-refractivity contribution in [2.75, 3.05) is 19.8 Å². The Kier molecular flexibility index (Phi) is 12.7. The minimum atomic E-state index is -1.75. The molecule has 0 spiro atoms. The average molecular weight is 687 g/mol. The van der Waals surface area contributed by atoms with Gasteiger partial charge in [-0.25, -0.2) is 10.4 Å². The third-order valence-electron chi connectivity index (χ3n) is 7.44. The lowest BCUT2D eigenvalue weighted by Gasteiger charge is -2.35. The number of ether oxygens (including phenoxy) is 2. The molecule has 3 unspecified atom stereocenters. The van der Waals surface area contributed by atoms with E-state index in [2.05, 4.69) is 40.1 Å². The molecule has 3 atom stereocenters. The standard InChI is InChI=1S/C31H42Cl3N5O6/c1-7-20-10-11-21-15-35-24(14-22(21)13-20)44-16-30(5,6)29(43)37-25(18(2)3)26(40)36-19(4)27(41)39-12-8-9-23(38-39)28(42)45-17-31(32,33)34/h10-11,13-15,18-19,23,25,38H,7-9,12,16-17H2,1-6H3,(H,36,40)(H,37,43). The summed E-state index contributed by atoms with van der Waals surface area (Å²) in [5.41, 5.74) is 3.02. The van der Waals surface area contributed by atoms with Crippen LogP contribution in [0.15, 0.2) is 30.5 Å². The van der Waals surface area contributed by atoms with E-state index in [-0.39, 0.29) is 12.5 Å². The minimum Gasteiger partial charge on any atom is -0.477 e. The topological polar surface area (TPSA) is 139 Å². The maximum absolute atomic E-state index is 13.3. The molecule has 1 aliphatic rings. The van der Waals surface area contributed by atoms with Gasteiger partial charge in [-0.15, -0.1) is 0 Å². The van der Waals surface area contributed by atoms with E-state index in [1.165, 1.54) is 17.5 Å². The summed E-state index contributed by atoms with van der Waals surface area (Å²) < 4.78 is 9.19. The predicted molar refractivity (Wildman–Crippen MR) is 174 cm³/mol. The van der Waals surface area contributed by atoms with Gasteiger partial charge in [0.15, 0.2) is 0 Å². The summed E-state index contributed by atoms with van der Waals surface area (Å²) in [7, 11) is 0. The number of nitrogens with zero attached hydrogens (tertiary/aromatic N) is 2. The highest BCUT2D eigenvalue weighted by Gasteiger charge is 2.36.